The number of benzene rings is 1. The molecule has 2 rings (SSSR count). The van der Waals surface area contributed by atoms with Crippen molar-refractivity contribution < 1.29 is 19.4 Å². The molecule has 114 valence electrons. The fourth-order valence-electron chi connectivity index (χ4n) is 2.51. The lowest BCUT2D eigenvalue weighted by Crippen LogP contribution is -2.47. The summed E-state index contributed by atoms with van der Waals surface area (Å²) >= 11 is 0. The fourth-order valence-corrected chi connectivity index (χ4v) is 2.51. The van der Waals surface area contributed by atoms with Gasteiger partial charge in [0.05, 0.1) is 5.92 Å². The van der Waals surface area contributed by atoms with Gasteiger partial charge in [-0.3, -0.25) is 9.59 Å². The average Bonchev–Trinajstić information content (AvgIpc) is 2.49. The minimum atomic E-state index is -0.834. The van der Waals surface area contributed by atoms with Gasteiger partial charge in [0.1, 0.15) is 5.75 Å². The Hall–Kier alpha value is -2.04. The van der Waals surface area contributed by atoms with Gasteiger partial charge in [0, 0.05) is 13.1 Å². The highest BCUT2D eigenvalue weighted by atomic mass is 16.5. The number of hydrogen-bond acceptors (Lipinski definition) is 3. The van der Waals surface area contributed by atoms with Gasteiger partial charge in [0.15, 0.2) is 6.10 Å². The summed E-state index contributed by atoms with van der Waals surface area (Å²) < 4.78 is 5.64. The van der Waals surface area contributed by atoms with Gasteiger partial charge in [0.25, 0.3) is 5.91 Å². The maximum Gasteiger partial charge on any atom is 0.308 e. The summed E-state index contributed by atoms with van der Waals surface area (Å²) in [4.78, 5) is 25.0. The van der Waals surface area contributed by atoms with Crippen molar-refractivity contribution in [2.75, 3.05) is 13.1 Å². The van der Waals surface area contributed by atoms with E-state index in [0.29, 0.717) is 18.7 Å². The maximum atomic E-state index is 12.3. The molecular weight excluding hydrogens is 270 g/mol. The number of ether oxygens (including phenoxy) is 1. The third kappa shape index (κ3) is 3.97. The minimum Gasteiger partial charge on any atom is -0.481 e. The van der Waals surface area contributed by atoms with E-state index >= 15 is 0 Å². The van der Waals surface area contributed by atoms with Crippen molar-refractivity contribution in [3.8, 4) is 5.75 Å². The van der Waals surface area contributed by atoms with Crippen LogP contribution >= 0.6 is 0 Å². The molecule has 1 heterocycles. The number of piperidine rings is 1. The number of hydrogen-bond donors (Lipinski definition) is 1. The lowest BCUT2D eigenvalue weighted by Gasteiger charge is -2.32. The zero-order valence-corrected chi connectivity index (χ0v) is 12.4. The number of carboxylic acid groups (broad SMARTS) is 1. The topological polar surface area (TPSA) is 66.8 Å². The number of nitrogens with zero attached hydrogens (tertiary/aromatic N) is 1. The van der Waals surface area contributed by atoms with Crippen LogP contribution < -0.4 is 4.74 Å². The highest BCUT2D eigenvalue weighted by Gasteiger charge is 2.30. The summed E-state index contributed by atoms with van der Waals surface area (Å²) in [7, 11) is 0. The van der Waals surface area contributed by atoms with E-state index < -0.39 is 18.0 Å². The van der Waals surface area contributed by atoms with Crippen molar-refractivity contribution in [1.29, 1.82) is 0 Å². The second-order valence-electron chi connectivity index (χ2n) is 5.53. The van der Waals surface area contributed by atoms with Crippen LogP contribution in [0.1, 0.15) is 25.3 Å². The SMILES string of the molecule is Cc1ccc(O[C@@H](C)C(=O)N2CCC[C@H](C(=O)O)C2)cc1. The second-order valence-corrected chi connectivity index (χ2v) is 5.53. The molecule has 1 N–H and O–H groups in total. The first-order chi connectivity index (χ1) is 9.97. The Morgan fingerprint density at radius 1 is 1.33 bits per heavy atom. The van der Waals surface area contributed by atoms with Crippen LogP contribution in [-0.2, 0) is 9.59 Å². The molecule has 1 amide bonds. The Balaban J connectivity index is 1.95. The monoisotopic (exact) mass is 291 g/mol. The van der Waals surface area contributed by atoms with Crippen molar-refractivity contribution in [2.45, 2.75) is 32.8 Å². The van der Waals surface area contributed by atoms with Crippen LogP contribution in [0.5, 0.6) is 5.75 Å². The minimum absolute atomic E-state index is 0.151. The average molecular weight is 291 g/mol. The highest BCUT2D eigenvalue weighted by molar-refractivity contribution is 5.82. The maximum absolute atomic E-state index is 12.3. The molecule has 5 nitrogen and oxygen atoms in total. The number of rotatable bonds is 4. The Morgan fingerprint density at radius 3 is 2.62 bits per heavy atom. The zero-order chi connectivity index (χ0) is 15.4. The van der Waals surface area contributed by atoms with Crippen LogP contribution in [0.2, 0.25) is 0 Å². The number of likely N-dealkylation sites (tertiary alicyclic amines) is 1. The van der Waals surface area contributed by atoms with E-state index in [-0.39, 0.29) is 12.5 Å². The first-order valence-corrected chi connectivity index (χ1v) is 7.22. The molecule has 0 spiro atoms. The van der Waals surface area contributed by atoms with Gasteiger partial charge in [-0.15, -0.1) is 0 Å². The summed E-state index contributed by atoms with van der Waals surface area (Å²) in [6.07, 6.45) is 0.743. The smallest absolute Gasteiger partial charge is 0.308 e. The molecule has 1 saturated heterocycles. The molecule has 0 aliphatic carbocycles. The first kappa shape index (κ1) is 15.4. The van der Waals surface area contributed by atoms with E-state index in [2.05, 4.69) is 0 Å². The predicted octanol–water partition coefficient (Wildman–Crippen LogP) is 2.09. The largest absolute Gasteiger partial charge is 0.481 e. The van der Waals surface area contributed by atoms with Crippen LogP contribution in [-0.4, -0.2) is 41.1 Å². The predicted molar refractivity (Wildman–Crippen MR) is 78.2 cm³/mol. The lowest BCUT2D eigenvalue weighted by atomic mass is 9.98. The molecule has 0 bridgehead atoms. The molecule has 0 aromatic heterocycles. The third-order valence-corrected chi connectivity index (χ3v) is 3.76. The number of carboxylic acids is 1. The van der Waals surface area contributed by atoms with E-state index in [9.17, 15) is 9.59 Å². The van der Waals surface area contributed by atoms with Gasteiger partial charge >= 0.3 is 5.97 Å². The number of carbonyl (C=O) groups is 2. The molecule has 2 atom stereocenters. The van der Waals surface area contributed by atoms with Gasteiger partial charge in [-0.2, -0.15) is 0 Å². The fraction of sp³-hybridized carbons (Fsp3) is 0.500. The quantitative estimate of drug-likeness (QED) is 0.922. The molecule has 0 saturated carbocycles. The highest BCUT2D eigenvalue weighted by Crippen LogP contribution is 2.19. The molecule has 1 aliphatic rings. The van der Waals surface area contributed by atoms with E-state index in [1.165, 1.54) is 0 Å². The molecule has 21 heavy (non-hydrogen) atoms. The summed E-state index contributed by atoms with van der Waals surface area (Å²) in [6.45, 7) is 4.56. The van der Waals surface area contributed by atoms with E-state index in [4.69, 9.17) is 9.84 Å². The Morgan fingerprint density at radius 2 is 2.00 bits per heavy atom. The standard InChI is InChI=1S/C16H21NO4/c1-11-5-7-14(8-6-11)21-12(2)15(18)17-9-3-4-13(10-17)16(19)20/h5-8,12-13H,3-4,9-10H2,1-2H3,(H,19,20)/t12-,13-/m0/s1. The molecule has 1 aromatic rings. The molecule has 0 radical (unpaired) electrons. The lowest BCUT2D eigenvalue weighted by molar-refractivity contribution is -0.147. The summed E-state index contributed by atoms with van der Waals surface area (Å²) in [5.74, 6) is -0.802. The summed E-state index contributed by atoms with van der Waals surface area (Å²) in [5.41, 5.74) is 1.13. The van der Waals surface area contributed by atoms with Gasteiger partial charge < -0.3 is 14.7 Å². The Labute approximate surface area is 124 Å². The molecule has 1 fully saturated rings. The van der Waals surface area contributed by atoms with E-state index in [1.54, 1.807) is 11.8 Å². The summed E-state index contributed by atoms with van der Waals surface area (Å²) in [6, 6.07) is 7.51. The van der Waals surface area contributed by atoms with Gasteiger partial charge in [-0.25, -0.2) is 0 Å². The number of aliphatic carboxylic acids is 1. The van der Waals surface area contributed by atoms with Crippen LogP contribution in [0.4, 0.5) is 0 Å². The van der Waals surface area contributed by atoms with E-state index in [0.717, 1.165) is 12.0 Å². The summed E-state index contributed by atoms with van der Waals surface area (Å²) in [5, 5.41) is 9.07. The second kappa shape index (κ2) is 6.61. The zero-order valence-electron chi connectivity index (χ0n) is 12.4. The number of carbonyl (C=O) groups excluding carboxylic acids is 1. The Bertz CT molecular complexity index is 512. The van der Waals surface area contributed by atoms with Gasteiger partial charge in [-0.05, 0) is 38.8 Å². The number of aryl methyl sites for hydroxylation is 1. The van der Waals surface area contributed by atoms with Crippen LogP contribution in [0.25, 0.3) is 0 Å². The van der Waals surface area contributed by atoms with Gasteiger partial charge in [0.2, 0.25) is 0 Å². The van der Waals surface area contributed by atoms with Crippen molar-refractivity contribution >= 4 is 11.9 Å². The van der Waals surface area contributed by atoms with Crippen LogP contribution in [0.15, 0.2) is 24.3 Å². The van der Waals surface area contributed by atoms with Gasteiger partial charge in [-0.1, -0.05) is 17.7 Å². The molecule has 5 heteroatoms. The third-order valence-electron chi connectivity index (χ3n) is 3.76. The molecule has 0 unspecified atom stereocenters. The first-order valence-electron chi connectivity index (χ1n) is 7.22. The van der Waals surface area contributed by atoms with Crippen LogP contribution in [0.3, 0.4) is 0 Å². The number of amides is 1. The molecule has 1 aromatic carbocycles. The molecular formula is C16H21NO4. The van der Waals surface area contributed by atoms with Crippen molar-refractivity contribution in [1.82, 2.24) is 4.90 Å². The molecule has 1 aliphatic heterocycles. The van der Waals surface area contributed by atoms with Crippen molar-refractivity contribution in [2.24, 2.45) is 5.92 Å². The Kier molecular flexibility index (Phi) is 4.83. The van der Waals surface area contributed by atoms with Crippen molar-refractivity contribution in [3.05, 3.63) is 29.8 Å². The van der Waals surface area contributed by atoms with Crippen LogP contribution in [0, 0.1) is 12.8 Å². The normalized spacial score (nSPS) is 19.9. The van der Waals surface area contributed by atoms with Crippen molar-refractivity contribution in [3.63, 3.8) is 0 Å². The van der Waals surface area contributed by atoms with E-state index in [1.807, 2.05) is 31.2 Å².